The van der Waals surface area contributed by atoms with Crippen molar-refractivity contribution in [2.75, 3.05) is 0 Å². The number of rotatable bonds is 3. The molecule has 3 aromatic heterocycles. The second-order valence-corrected chi connectivity index (χ2v) is 6.79. The monoisotopic (exact) mass is 399 g/mol. The second-order valence-electron chi connectivity index (χ2n) is 4.94. The number of para-hydroxylation sites is 1. The molecule has 0 unspecified atom stereocenters. The summed E-state index contributed by atoms with van der Waals surface area (Å²) in [5, 5.41) is 10.8. The van der Waals surface area contributed by atoms with Gasteiger partial charge >= 0.3 is 0 Å². The Balaban J connectivity index is 1.77. The molecule has 0 aliphatic rings. The van der Waals surface area contributed by atoms with Crippen LogP contribution in [0.5, 0.6) is 0 Å². The third kappa shape index (κ3) is 2.70. The first-order valence-electron chi connectivity index (χ1n) is 7.01. The van der Waals surface area contributed by atoms with E-state index in [-0.39, 0.29) is 5.56 Å². The molecule has 0 radical (unpaired) electrons. The Hall–Kier alpha value is -2.58. The van der Waals surface area contributed by atoms with Crippen LogP contribution >= 0.6 is 27.3 Å². The molecule has 4 aromatic rings. The van der Waals surface area contributed by atoms with Crippen LogP contribution in [0.15, 0.2) is 68.7 Å². The van der Waals surface area contributed by atoms with Crippen molar-refractivity contribution in [2.45, 2.75) is 0 Å². The van der Waals surface area contributed by atoms with Crippen LogP contribution in [-0.2, 0) is 0 Å². The number of hydrogen-bond acceptors (Lipinski definition) is 5. The lowest BCUT2D eigenvalue weighted by Crippen LogP contribution is -2.17. The molecule has 0 N–H and O–H groups in total. The predicted octanol–water partition coefficient (Wildman–Crippen LogP) is 3.29. The van der Waals surface area contributed by atoms with Gasteiger partial charge in [-0.25, -0.2) is 9.67 Å². The van der Waals surface area contributed by atoms with Crippen molar-refractivity contribution in [1.29, 1.82) is 0 Å². The Kier molecular flexibility index (Phi) is 3.83. The molecule has 8 heteroatoms. The van der Waals surface area contributed by atoms with Crippen LogP contribution in [-0.4, -0.2) is 25.7 Å². The van der Waals surface area contributed by atoms with Crippen LogP contribution in [0.4, 0.5) is 0 Å². The first-order valence-corrected chi connectivity index (χ1v) is 8.69. The van der Waals surface area contributed by atoms with E-state index in [9.17, 15) is 4.79 Å². The van der Waals surface area contributed by atoms with Gasteiger partial charge < -0.3 is 0 Å². The Morgan fingerprint density at radius 3 is 2.83 bits per heavy atom. The summed E-state index contributed by atoms with van der Waals surface area (Å²) in [6.45, 7) is 0. The van der Waals surface area contributed by atoms with Gasteiger partial charge in [0.25, 0.3) is 5.56 Å². The minimum absolute atomic E-state index is 0.256. The van der Waals surface area contributed by atoms with Gasteiger partial charge in [0.05, 0.1) is 18.1 Å². The van der Waals surface area contributed by atoms with E-state index in [0.717, 1.165) is 15.0 Å². The molecule has 0 saturated heterocycles. The zero-order valence-corrected chi connectivity index (χ0v) is 14.6. The fraction of sp³-hybridized carbons (Fsp3) is 0. The smallest absolute Gasteiger partial charge is 0.266 e. The summed E-state index contributed by atoms with van der Waals surface area (Å²) in [6, 6.07) is 11.5. The third-order valence-electron chi connectivity index (χ3n) is 3.37. The van der Waals surface area contributed by atoms with Crippen LogP contribution < -0.4 is 5.56 Å². The molecular weight excluding hydrogens is 390 g/mol. The first kappa shape index (κ1) is 15.0. The van der Waals surface area contributed by atoms with E-state index in [4.69, 9.17) is 0 Å². The minimum atomic E-state index is -0.256. The third-order valence-corrected chi connectivity index (χ3v) is 5.00. The minimum Gasteiger partial charge on any atom is -0.266 e. The van der Waals surface area contributed by atoms with Gasteiger partial charge in [-0.3, -0.25) is 4.79 Å². The SMILES string of the molecule is O=c1c2cnn(-c3ccccc3)c2ncn1/N=C\c1cc(Br)cs1. The topological polar surface area (TPSA) is 65.1 Å². The van der Waals surface area contributed by atoms with Crippen LogP contribution in [0.1, 0.15) is 4.88 Å². The highest BCUT2D eigenvalue weighted by Gasteiger charge is 2.10. The molecule has 0 amide bonds. The van der Waals surface area contributed by atoms with Crippen LogP contribution in [0, 0.1) is 0 Å². The van der Waals surface area contributed by atoms with Gasteiger partial charge in [0, 0.05) is 14.7 Å². The molecule has 0 fully saturated rings. The normalized spacial score (nSPS) is 11.5. The standard InChI is InChI=1S/C16H10BrN5OS/c17-11-6-13(24-9-11)7-19-21-10-18-15-14(16(21)23)8-20-22(15)12-4-2-1-3-5-12/h1-10H/b19-7-. The highest BCUT2D eigenvalue weighted by Crippen LogP contribution is 2.18. The quantitative estimate of drug-likeness (QED) is 0.496. The highest BCUT2D eigenvalue weighted by atomic mass is 79.9. The van der Waals surface area contributed by atoms with Crippen molar-refractivity contribution >= 4 is 44.5 Å². The van der Waals surface area contributed by atoms with E-state index in [1.165, 1.54) is 28.5 Å². The number of benzene rings is 1. The van der Waals surface area contributed by atoms with Gasteiger partial charge in [-0.2, -0.15) is 14.9 Å². The zero-order valence-electron chi connectivity index (χ0n) is 12.2. The van der Waals surface area contributed by atoms with Gasteiger partial charge in [0.2, 0.25) is 0 Å². The molecule has 0 aliphatic carbocycles. The molecule has 24 heavy (non-hydrogen) atoms. The maximum Gasteiger partial charge on any atom is 0.285 e. The summed E-state index contributed by atoms with van der Waals surface area (Å²) < 4.78 is 3.84. The van der Waals surface area contributed by atoms with Gasteiger partial charge in [-0.15, -0.1) is 11.3 Å². The number of nitrogens with zero attached hydrogens (tertiary/aromatic N) is 5. The predicted molar refractivity (Wildman–Crippen MR) is 98.1 cm³/mol. The zero-order chi connectivity index (χ0) is 16.5. The van der Waals surface area contributed by atoms with Crippen molar-refractivity contribution in [3.63, 3.8) is 0 Å². The maximum absolute atomic E-state index is 12.5. The Labute approximate surface area is 148 Å². The van der Waals surface area contributed by atoms with Crippen LogP contribution in [0.2, 0.25) is 0 Å². The van der Waals surface area contributed by atoms with Crippen molar-refractivity contribution in [3.05, 3.63) is 74.0 Å². The van der Waals surface area contributed by atoms with E-state index in [0.29, 0.717) is 11.0 Å². The van der Waals surface area contributed by atoms with Gasteiger partial charge in [-0.1, -0.05) is 18.2 Å². The average Bonchev–Trinajstić information content (AvgIpc) is 3.22. The molecule has 0 saturated carbocycles. The molecule has 6 nitrogen and oxygen atoms in total. The summed E-state index contributed by atoms with van der Waals surface area (Å²) in [6.07, 6.45) is 4.56. The van der Waals surface area contributed by atoms with Crippen LogP contribution in [0.3, 0.4) is 0 Å². The molecule has 3 heterocycles. The highest BCUT2D eigenvalue weighted by molar-refractivity contribution is 9.10. The molecule has 4 rings (SSSR count). The molecule has 0 aliphatic heterocycles. The number of thiophene rings is 1. The summed E-state index contributed by atoms with van der Waals surface area (Å²) in [4.78, 5) is 17.8. The fourth-order valence-electron chi connectivity index (χ4n) is 2.26. The summed E-state index contributed by atoms with van der Waals surface area (Å²) in [5.41, 5.74) is 1.11. The maximum atomic E-state index is 12.5. The Bertz CT molecular complexity index is 1100. The van der Waals surface area contributed by atoms with Crippen molar-refractivity contribution in [2.24, 2.45) is 5.10 Å². The summed E-state index contributed by atoms with van der Waals surface area (Å²) in [5.74, 6) is 0. The number of halogens is 1. The second kappa shape index (κ2) is 6.14. The molecule has 118 valence electrons. The summed E-state index contributed by atoms with van der Waals surface area (Å²) >= 11 is 4.92. The van der Waals surface area contributed by atoms with Gasteiger partial charge in [-0.05, 0) is 34.1 Å². The molecule has 1 aromatic carbocycles. The molecule has 0 atom stereocenters. The summed E-state index contributed by atoms with van der Waals surface area (Å²) in [7, 11) is 0. The lowest BCUT2D eigenvalue weighted by molar-refractivity contribution is 0.810. The largest absolute Gasteiger partial charge is 0.285 e. The van der Waals surface area contributed by atoms with E-state index >= 15 is 0 Å². The van der Waals surface area contributed by atoms with E-state index < -0.39 is 0 Å². The molecular formula is C16H10BrN5OS. The average molecular weight is 400 g/mol. The van der Waals surface area contributed by atoms with Gasteiger partial charge in [0.1, 0.15) is 11.7 Å². The molecule has 0 spiro atoms. The lowest BCUT2D eigenvalue weighted by atomic mass is 10.3. The lowest BCUT2D eigenvalue weighted by Gasteiger charge is -2.02. The number of hydrogen-bond donors (Lipinski definition) is 0. The van der Waals surface area contributed by atoms with Gasteiger partial charge in [0.15, 0.2) is 5.65 Å². The first-order chi connectivity index (χ1) is 11.7. The fourth-order valence-corrected chi connectivity index (χ4v) is 3.56. The van der Waals surface area contributed by atoms with E-state index in [1.807, 2.05) is 41.8 Å². The number of aromatic nitrogens is 4. The van der Waals surface area contributed by atoms with Crippen molar-refractivity contribution in [1.82, 2.24) is 19.4 Å². The number of fused-ring (bicyclic) bond motifs is 1. The van der Waals surface area contributed by atoms with Crippen molar-refractivity contribution < 1.29 is 0 Å². The van der Waals surface area contributed by atoms with E-state index in [1.54, 1.807) is 10.9 Å². The van der Waals surface area contributed by atoms with Crippen molar-refractivity contribution in [3.8, 4) is 5.69 Å². The van der Waals surface area contributed by atoms with Crippen LogP contribution in [0.25, 0.3) is 16.7 Å². The Morgan fingerprint density at radius 1 is 1.25 bits per heavy atom. The molecule has 0 bridgehead atoms. The Morgan fingerprint density at radius 2 is 2.08 bits per heavy atom. The van der Waals surface area contributed by atoms with E-state index in [2.05, 4.69) is 31.1 Å².